The van der Waals surface area contributed by atoms with E-state index in [4.69, 9.17) is 15.6 Å². The topological polar surface area (TPSA) is 89.6 Å². The van der Waals surface area contributed by atoms with Crippen molar-refractivity contribution in [3.05, 3.63) is 47.5 Å². The van der Waals surface area contributed by atoms with Gasteiger partial charge in [0.1, 0.15) is 0 Å². The van der Waals surface area contributed by atoms with E-state index in [2.05, 4.69) is 5.63 Å². The van der Waals surface area contributed by atoms with Crippen molar-refractivity contribution in [2.24, 2.45) is 5.73 Å². The molecule has 1 aromatic rings. The summed E-state index contributed by atoms with van der Waals surface area (Å²) in [7, 11) is -0.305. The summed E-state index contributed by atoms with van der Waals surface area (Å²) in [5.74, 6) is -1.14. The Hall–Kier alpha value is -1.64. The summed E-state index contributed by atoms with van der Waals surface area (Å²) in [4.78, 5) is 10.6. The van der Waals surface area contributed by atoms with Crippen molar-refractivity contribution in [3.8, 4) is 5.63 Å². The van der Waals surface area contributed by atoms with Gasteiger partial charge in [-0.1, -0.05) is 0 Å². The number of hydrogen-bond donors (Lipinski definition) is 2. The molecule has 0 aliphatic rings. The molecule has 106 valence electrons. The fraction of sp³-hybridized carbons (Fsp3) is 0.286. The van der Waals surface area contributed by atoms with Crippen LogP contribution in [-0.2, 0) is 20.7 Å². The van der Waals surface area contributed by atoms with E-state index in [0.717, 1.165) is 5.56 Å². The predicted molar refractivity (Wildman–Crippen MR) is 75.9 cm³/mol. The van der Waals surface area contributed by atoms with Gasteiger partial charge in [-0.15, -0.1) is 0 Å². The van der Waals surface area contributed by atoms with Crippen LogP contribution in [0.1, 0.15) is 12.0 Å². The summed E-state index contributed by atoms with van der Waals surface area (Å²) < 4.78 is 16.0. The maximum absolute atomic E-state index is 10.6. The van der Waals surface area contributed by atoms with Crippen LogP contribution in [0, 0.1) is 5.63 Å². The van der Waals surface area contributed by atoms with E-state index in [1.807, 2.05) is 30.3 Å². The fourth-order valence-electron chi connectivity index (χ4n) is 1.47. The summed E-state index contributed by atoms with van der Waals surface area (Å²) >= 11 is 0. The Morgan fingerprint density at radius 1 is 1.45 bits per heavy atom. The molecule has 5 nitrogen and oxygen atoms in total. The molecule has 6 heteroatoms. The molecule has 0 spiro atoms. The van der Waals surface area contributed by atoms with Gasteiger partial charge in [0.25, 0.3) is 0 Å². The zero-order valence-electron chi connectivity index (χ0n) is 10.9. The van der Waals surface area contributed by atoms with Gasteiger partial charge in [-0.2, -0.15) is 0 Å². The van der Waals surface area contributed by atoms with E-state index in [9.17, 15) is 9.36 Å². The third-order valence-corrected chi connectivity index (χ3v) is 2.86. The molecule has 0 saturated carbocycles. The van der Waals surface area contributed by atoms with E-state index >= 15 is 0 Å². The number of aliphatic carboxylic acids is 1. The molecule has 1 atom stereocenters. The van der Waals surface area contributed by atoms with Crippen molar-refractivity contribution >= 4 is 13.9 Å². The molecular formula is C14H16NO4P. The van der Waals surface area contributed by atoms with Crippen LogP contribution in [-0.4, -0.2) is 23.7 Å². The molecule has 0 bridgehead atoms. The summed E-state index contributed by atoms with van der Waals surface area (Å²) in [5.41, 5.74) is 9.43. The van der Waals surface area contributed by atoms with Crippen molar-refractivity contribution in [1.82, 2.24) is 0 Å². The van der Waals surface area contributed by atoms with Gasteiger partial charge >= 0.3 is 118 Å². The van der Waals surface area contributed by atoms with E-state index in [0.29, 0.717) is 25.2 Å². The maximum atomic E-state index is 10.6. The number of rotatable bonds is 7. The van der Waals surface area contributed by atoms with Gasteiger partial charge in [0.05, 0.1) is 0 Å². The fourth-order valence-corrected chi connectivity index (χ4v) is 1.77. The van der Waals surface area contributed by atoms with Gasteiger partial charge in [0.2, 0.25) is 0 Å². The van der Waals surface area contributed by atoms with Gasteiger partial charge in [0, 0.05) is 0 Å². The molecule has 0 heterocycles. The van der Waals surface area contributed by atoms with Crippen LogP contribution in [0.2, 0.25) is 0 Å². The van der Waals surface area contributed by atoms with Crippen molar-refractivity contribution in [2.75, 3.05) is 6.61 Å². The first-order valence-corrected chi connectivity index (χ1v) is 6.84. The summed E-state index contributed by atoms with van der Waals surface area (Å²) in [6.45, 7) is 0.837. The molecular weight excluding hydrogens is 277 g/mol. The zero-order chi connectivity index (χ0) is 14.8. The summed E-state index contributed by atoms with van der Waals surface area (Å²) in [6, 6.07) is 8.54. The molecule has 0 aliphatic carbocycles. The molecule has 0 aromatic heterocycles. The van der Waals surface area contributed by atoms with E-state index in [1.54, 1.807) is 0 Å². The average Bonchev–Trinajstić information content (AvgIpc) is 2.44. The Morgan fingerprint density at radius 3 is 2.75 bits per heavy atom. The normalized spacial score (nSPS) is 12.6. The van der Waals surface area contributed by atoms with Crippen molar-refractivity contribution < 1.29 is 19.2 Å². The standard InChI is InChI=1S/C14H16NO4P/c15-13(14(16)17)8-12(10-20-18)6-7-19-9-11-4-2-1-3-5-11/h1-5,8,13H,6-7,9,15H2,(H,16,17). The van der Waals surface area contributed by atoms with Crippen LogP contribution in [0.5, 0.6) is 0 Å². The molecule has 0 saturated heterocycles. The number of nitrogens with two attached hydrogens (primary N) is 1. The molecule has 20 heavy (non-hydrogen) atoms. The third-order valence-electron chi connectivity index (χ3n) is 2.48. The van der Waals surface area contributed by atoms with Crippen LogP contribution in [0.15, 0.2) is 42.0 Å². The molecule has 1 rings (SSSR count). The Morgan fingerprint density at radius 2 is 2.15 bits per heavy atom. The number of carboxylic acid groups (broad SMARTS) is 1. The predicted octanol–water partition coefficient (Wildman–Crippen LogP) is 2.18. The molecule has 0 fully saturated rings. The Bertz CT molecular complexity index is 565. The van der Waals surface area contributed by atoms with Gasteiger partial charge < -0.3 is 0 Å². The van der Waals surface area contributed by atoms with Crippen LogP contribution in [0.3, 0.4) is 0 Å². The SMILES string of the molecule is NC(C=C(C#P=O)CCOCc1ccccc1)C(=O)O. The van der Waals surface area contributed by atoms with Crippen LogP contribution < -0.4 is 5.73 Å². The minimum atomic E-state index is -1.14. The van der Waals surface area contributed by atoms with E-state index < -0.39 is 12.0 Å². The Labute approximate surface area is 118 Å². The molecule has 0 aliphatic heterocycles. The second kappa shape index (κ2) is 9.29. The first-order valence-electron chi connectivity index (χ1n) is 6.02. The monoisotopic (exact) mass is 293 g/mol. The van der Waals surface area contributed by atoms with E-state index in [1.165, 1.54) is 6.08 Å². The summed E-state index contributed by atoms with van der Waals surface area (Å²) in [5, 5.41) is 8.71. The zero-order valence-corrected chi connectivity index (χ0v) is 11.8. The van der Waals surface area contributed by atoms with Crippen molar-refractivity contribution in [3.63, 3.8) is 0 Å². The number of ether oxygens (including phenoxy) is 1. The molecule has 3 N–H and O–H groups in total. The first-order chi connectivity index (χ1) is 9.63. The van der Waals surface area contributed by atoms with Crippen LogP contribution in [0.4, 0.5) is 0 Å². The second-order valence-electron chi connectivity index (χ2n) is 4.05. The third kappa shape index (κ3) is 6.50. The van der Waals surface area contributed by atoms with Crippen LogP contribution in [0.25, 0.3) is 0 Å². The number of carboxylic acids is 1. The Kier molecular flexibility index (Phi) is 7.63. The average molecular weight is 293 g/mol. The molecule has 0 amide bonds. The number of carbonyl (C=O) groups is 1. The Balaban J connectivity index is 2.45. The molecule has 1 aromatic carbocycles. The van der Waals surface area contributed by atoms with Gasteiger partial charge in [-0.25, -0.2) is 0 Å². The van der Waals surface area contributed by atoms with Gasteiger partial charge in [-0.05, 0) is 0 Å². The summed E-state index contributed by atoms with van der Waals surface area (Å²) in [6.07, 6.45) is 1.72. The van der Waals surface area contributed by atoms with Crippen molar-refractivity contribution in [1.29, 1.82) is 0 Å². The number of hydrogen-bond acceptors (Lipinski definition) is 4. The minimum absolute atomic E-state index is 0.305. The quantitative estimate of drug-likeness (QED) is 0.594. The first kappa shape index (κ1) is 16.4. The van der Waals surface area contributed by atoms with E-state index in [-0.39, 0.29) is 7.92 Å². The van der Waals surface area contributed by atoms with Gasteiger partial charge in [0.15, 0.2) is 0 Å². The molecule has 1 unspecified atom stereocenters. The van der Waals surface area contributed by atoms with Crippen molar-refractivity contribution in [2.45, 2.75) is 19.1 Å². The number of benzene rings is 1. The molecule has 0 radical (unpaired) electrons. The van der Waals surface area contributed by atoms with Gasteiger partial charge in [-0.3, -0.25) is 0 Å². The second-order valence-corrected chi connectivity index (χ2v) is 4.45. The van der Waals surface area contributed by atoms with Crippen LogP contribution >= 0.6 is 7.92 Å².